The van der Waals surface area contributed by atoms with Gasteiger partial charge in [0.1, 0.15) is 17.9 Å². The average molecular weight is 229 g/mol. The minimum Gasteiger partial charge on any atom is -0.299 e. The molecule has 0 spiro atoms. The molecule has 0 radical (unpaired) electrons. The fourth-order valence-corrected chi connectivity index (χ4v) is 1.75. The van der Waals surface area contributed by atoms with Gasteiger partial charge in [0, 0.05) is 13.0 Å². The van der Waals surface area contributed by atoms with E-state index in [1.54, 1.807) is 4.68 Å². The number of hydrogen-bond acceptors (Lipinski definition) is 3. The molecule has 0 saturated carbocycles. The SMILES string of the molecule is CCn1ncnc1CC(=O)Cc1ccccc1. The summed E-state index contributed by atoms with van der Waals surface area (Å²) in [6.07, 6.45) is 2.30. The lowest BCUT2D eigenvalue weighted by atomic mass is 10.1. The summed E-state index contributed by atoms with van der Waals surface area (Å²) in [5.74, 6) is 0.910. The van der Waals surface area contributed by atoms with Gasteiger partial charge >= 0.3 is 0 Å². The van der Waals surface area contributed by atoms with Crippen LogP contribution in [0.4, 0.5) is 0 Å². The highest BCUT2D eigenvalue weighted by atomic mass is 16.1. The Bertz CT molecular complexity index is 490. The number of Topliss-reactive ketones (excluding diaryl/α,β-unsaturated/α-hetero) is 1. The molecule has 4 nitrogen and oxygen atoms in total. The number of ketones is 1. The zero-order valence-corrected chi connectivity index (χ0v) is 9.84. The smallest absolute Gasteiger partial charge is 0.144 e. The second kappa shape index (κ2) is 5.39. The van der Waals surface area contributed by atoms with Crippen molar-refractivity contribution in [2.75, 3.05) is 0 Å². The third-order valence-electron chi connectivity index (χ3n) is 2.59. The third-order valence-corrected chi connectivity index (χ3v) is 2.59. The van der Waals surface area contributed by atoms with Crippen molar-refractivity contribution in [3.05, 3.63) is 48.0 Å². The van der Waals surface area contributed by atoms with E-state index in [-0.39, 0.29) is 5.78 Å². The quantitative estimate of drug-likeness (QED) is 0.783. The van der Waals surface area contributed by atoms with Gasteiger partial charge in [0.15, 0.2) is 0 Å². The van der Waals surface area contributed by atoms with Crippen molar-refractivity contribution >= 4 is 5.78 Å². The molecule has 1 aromatic heterocycles. The standard InChI is InChI=1S/C13H15N3O/c1-2-16-13(14-10-15-16)9-12(17)8-11-6-4-3-5-7-11/h3-7,10H,2,8-9H2,1H3. The number of carbonyl (C=O) groups is 1. The van der Waals surface area contributed by atoms with E-state index < -0.39 is 0 Å². The van der Waals surface area contributed by atoms with Crippen LogP contribution in [-0.2, 0) is 24.2 Å². The van der Waals surface area contributed by atoms with Gasteiger partial charge in [-0.1, -0.05) is 30.3 Å². The Morgan fingerprint density at radius 1 is 1.24 bits per heavy atom. The average Bonchev–Trinajstić information content (AvgIpc) is 2.77. The Morgan fingerprint density at radius 3 is 2.71 bits per heavy atom. The molecule has 2 rings (SSSR count). The van der Waals surface area contributed by atoms with Crippen LogP contribution in [-0.4, -0.2) is 20.5 Å². The van der Waals surface area contributed by atoms with Crippen molar-refractivity contribution in [1.82, 2.24) is 14.8 Å². The van der Waals surface area contributed by atoms with Crippen molar-refractivity contribution < 1.29 is 4.79 Å². The van der Waals surface area contributed by atoms with E-state index in [4.69, 9.17) is 0 Å². The van der Waals surface area contributed by atoms with Crippen LogP contribution in [0, 0.1) is 0 Å². The summed E-state index contributed by atoms with van der Waals surface area (Å²) < 4.78 is 1.75. The van der Waals surface area contributed by atoms with Crippen LogP contribution in [0.15, 0.2) is 36.7 Å². The van der Waals surface area contributed by atoms with E-state index in [0.717, 1.165) is 17.9 Å². The van der Waals surface area contributed by atoms with Gasteiger partial charge in [0.2, 0.25) is 0 Å². The molecule has 4 heteroatoms. The molecule has 0 fully saturated rings. The summed E-state index contributed by atoms with van der Waals surface area (Å²) in [4.78, 5) is 16.0. The zero-order valence-electron chi connectivity index (χ0n) is 9.84. The van der Waals surface area contributed by atoms with E-state index in [9.17, 15) is 4.79 Å². The molecular weight excluding hydrogens is 214 g/mol. The number of hydrogen-bond donors (Lipinski definition) is 0. The Hall–Kier alpha value is -1.97. The summed E-state index contributed by atoms with van der Waals surface area (Å²) in [6.45, 7) is 2.73. The topological polar surface area (TPSA) is 47.8 Å². The number of rotatable bonds is 5. The molecule has 88 valence electrons. The normalized spacial score (nSPS) is 10.4. The minimum absolute atomic E-state index is 0.166. The molecule has 0 amide bonds. The first-order chi connectivity index (χ1) is 8.29. The fourth-order valence-electron chi connectivity index (χ4n) is 1.75. The van der Waals surface area contributed by atoms with Gasteiger partial charge in [-0.25, -0.2) is 9.67 Å². The zero-order chi connectivity index (χ0) is 12.1. The highest BCUT2D eigenvalue weighted by molar-refractivity contribution is 5.82. The monoisotopic (exact) mass is 229 g/mol. The first kappa shape index (κ1) is 11.5. The number of nitrogens with zero attached hydrogens (tertiary/aromatic N) is 3. The van der Waals surface area contributed by atoms with Crippen LogP contribution in [0.5, 0.6) is 0 Å². The Kier molecular flexibility index (Phi) is 3.65. The second-order valence-electron chi connectivity index (χ2n) is 3.87. The lowest BCUT2D eigenvalue weighted by molar-refractivity contribution is -0.117. The van der Waals surface area contributed by atoms with Gasteiger partial charge in [0.25, 0.3) is 0 Å². The first-order valence-corrected chi connectivity index (χ1v) is 5.72. The van der Waals surface area contributed by atoms with Gasteiger partial charge < -0.3 is 0 Å². The van der Waals surface area contributed by atoms with E-state index in [2.05, 4.69) is 10.1 Å². The molecule has 0 bridgehead atoms. The maximum absolute atomic E-state index is 11.9. The highest BCUT2D eigenvalue weighted by Crippen LogP contribution is 2.03. The first-order valence-electron chi connectivity index (χ1n) is 5.72. The molecule has 0 aliphatic heterocycles. The van der Waals surface area contributed by atoms with Gasteiger partial charge in [-0.05, 0) is 12.5 Å². The fraction of sp³-hybridized carbons (Fsp3) is 0.308. The summed E-state index contributed by atoms with van der Waals surface area (Å²) >= 11 is 0. The highest BCUT2D eigenvalue weighted by Gasteiger charge is 2.09. The van der Waals surface area contributed by atoms with Crippen molar-refractivity contribution in [2.45, 2.75) is 26.3 Å². The molecule has 0 saturated heterocycles. The molecule has 0 aliphatic carbocycles. The molecule has 0 aliphatic rings. The maximum atomic E-state index is 11.9. The number of aromatic nitrogens is 3. The van der Waals surface area contributed by atoms with Crippen LogP contribution in [0.3, 0.4) is 0 Å². The van der Waals surface area contributed by atoms with Gasteiger partial charge in [0.05, 0.1) is 6.42 Å². The summed E-state index contributed by atoms with van der Waals surface area (Å²) in [6, 6.07) is 9.75. The third kappa shape index (κ3) is 3.00. The van der Waals surface area contributed by atoms with Crippen molar-refractivity contribution in [1.29, 1.82) is 0 Å². The molecular formula is C13H15N3O. The molecule has 17 heavy (non-hydrogen) atoms. The Labute approximate surface area is 100 Å². The van der Waals surface area contributed by atoms with E-state index in [1.165, 1.54) is 6.33 Å². The van der Waals surface area contributed by atoms with Crippen molar-refractivity contribution in [2.24, 2.45) is 0 Å². The van der Waals surface area contributed by atoms with Crippen LogP contribution < -0.4 is 0 Å². The van der Waals surface area contributed by atoms with Crippen LogP contribution in [0.25, 0.3) is 0 Å². The summed E-state index contributed by atoms with van der Waals surface area (Å²) in [5, 5.41) is 4.05. The number of carbonyl (C=O) groups excluding carboxylic acids is 1. The lowest BCUT2D eigenvalue weighted by Gasteiger charge is -2.02. The van der Waals surface area contributed by atoms with E-state index >= 15 is 0 Å². The van der Waals surface area contributed by atoms with Gasteiger partial charge in [-0.3, -0.25) is 4.79 Å². The summed E-state index contributed by atoms with van der Waals surface area (Å²) in [7, 11) is 0. The Balaban J connectivity index is 1.98. The number of benzene rings is 1. The van der Waals surface area contributed by atoms with Crippen LogP contribution in [0.1, 0.15) is 18.3 Å². The van der Waals surface area contributed by atoms with Crippen molar-refractivity contribution in [3.8, 4) is 0 Å². The molecule has 0 atom stereocenters. The molecule has 2 aromatic rings. The van der Waals surface area contributed by atoms with E-state index in [0.29, 0.717) is 12.8 Å². The predicted octanol–water partition coefficient (Wildman–Crippen LogP) is 1.65. The lowest BCUT2D eigenvalue weighted by Crippen LogP contribution is -2.12. The van der Waals surface area contributed by atoms with Crippen LogP contribution in [0.2, 0.25) is 0 Å². The van der Waals surface area contributed by atoms with E-state index in [1.807, 2.05) is 37.3 Å². The second-order valence-corrected chi connectivity index (χ2v) is 3.87. The summed E-state index contributed by atoms with van der Waals surface area (Å²) in [5.41, 5.74) is 1.04. The van der Waals surface area contributed by atoms with Gasteiger partial charge in [-0.2, -0.15) is 5.10 Å². The molecule has 1 aromatic carbocycles. The molecule has 1 heterocycles. The minimum atomic E-state index is 0.166. The largest absolute Gasteiger partial charge is 0.299 e. The van der Waals surface area contributed by atoms with Crippen LogP contribution >= 0.6 is 0 Å². The number of aryl methyl sites for hydroxylation is 1. The maximum Gasteiger partial charge on any atom is 0.144 e. The molecule has 0 N–H and O–H groups in total. The van der Waals surface area contributed by atoms with Crippen molar-refractivity contribution in [3.63, 3.8) is 0 Å². The predicted molar refractivity (Wildman–Crippen MR) is 64.6 cm³/mol. The van der Waals surface area contributed by atoms with Gasteiger partial charge in [-0.15, -0.1) is 0 Å². The Morgan fingerprint density at radius 2 is 2.00 bits per heavy atom. The molecule has 0 unspecified atom stereocenters.